The van der Waals surface area contributed by atoms with Crippen LogP contribution >= 0.6 is 0 Å². The highest BCUT2D eigenvalue weighted by Gasteiger charge is 2.21. The number of aliphatic hydroxyl groups excluding tert-OH is 1. The summed E-state index contributed by atoms with van der Waals surface area (Å²) < 4.78 is 22.5. The molecule has 0 radical (unpaired) electrons. The van der Waals surface area contributed by atoms with Gasteiger partial charge in [-0.15, -0.1) is 0 Å². The summed E-state index contributed by atoms with van der Waals surface area (Å²) in [4.78, 5) is 51.0. The van der Waals surface area contributed by atoms with Gasteiger partial charge in [0.25, 0.3) is 0 Å². The molecule has 0 heterocycles. The van der Waals surface area contributed by atoms with E-state index in [1.54, 1.807) is 0 Å². The molecule has 0 saturated heterocycles. The molecule has 390 valence electrons. The number of esters is 4. The van der Waals surface area contributed by atoms with Crippen LogP contribution < -0.4 is 4.74 Å². The van der Waals surface area contributed by atoms with Gasteiger partial charge in [-0.3, -0.25) is 19.2 Å². The maximum absolute atomic E-state index is 13.1. The molecule has 0 aromatic heterocycles. The average molecular weight is 953 g/mol. The van der Waals surface area contributed by atoms with Crippen LogP contribution in [0.5, 0.6) is 5.75 Å². The molecule has 0 bridgehead atoms. The van der Waals surface area contributed by atoms with Gasteiger partial charge in [0, 0.05) is 25.7 Å². The number of aryl methyl sites for hydroxylation is 2. The molecule has 0 fully saturated rings. The fourth-order valence-electron chi connectivity index (χ4n) is 8.51. The SMILES string of the molecule is CCCCCCCC/C=C\CCCCCCCC(=O)OCC(COC(=O)CCCCCCC/C=C\CCCCCCCC)OC(=O)CC(C)CCCCCCC(=O)Oc1c(C)cc(CO)cc1C. The summed E-state index contributed by atoms with van der Waals surface area (Å²) in [6, 6.07) is 3.67. The van der Waals surface area contributed by atoms with Crippen molar-refractivity contribution >= 4 is 23.9 Å². The Labute approximate surface area is 415 Å². The van der Waals surface area contributed by atoms with E-state index in [1.807, 2.05) is 32.9 Å². The maximum atomic E-state index is 13.1. The zero-order valence-corrected chi connectivity index (χ0v) is 44.2. The first-order valence-electron chi connectivity index (χ1n) is 27.8. The normalized spacial score (nSPS) is 12.0. The van der Waals surface area contributed by atoms with Crippen molar-refractivity contribution in [1.29, 1.82) is 0 Å². The minimum absolute atomic E-state index is 0.0541. The number of benzene rings is 1. The van der Waals surface area contributed by atoms with Crippen molar-refractivity contribution in [3.8, 4) is 5.75 Å². The van der Waals surface area contributed by atoms with Gasteiger partial charge in [0.1, 0.15) is 19.0 Å². The second kappa shape index (κ2) is 44.7. The molecule has 0 aliphatic carbocycles. The number of carbonyl (C=O) groups excluding carboxylic acids is 4. The number of ether oxygens (including phenoxy) is 4. The van der Waals surface area contributed by atoms with Crippen molar-refractivity contribution in [3.05, 3.63) is 53.1 Å². The fourth-order valence-corrected chi connectivity index (χ4v) is 8.51. The summed E-state index contributed by atoms with van der Waals surface area (Å²) in [7, 11) is 0. The number of hydrogen-bond donors (Lipinski definition) is 1. The van der Waals surface area contributed by atoms with Crippen molar-refractivity contribution in [3.63, 3.8) is 0 Å². The number of aliphatic hydroxyl groups is 1. The Hall–Kier alpha value is -3.46. The highest BCUT2D eigenvalue weighted by atomic mass is 16.6. The van der Waals surface area contributed by atoms with Crippen LogP contribution in [0, 0.1) is 19.8 Å². The third-order valence-corrected chi connectivity index (χ3v) is 12.7. The highest BCUT2D eigenvalue weighted by Crippen LogP contribution is 2.26. The number of allylic oxidation sites excluding steroid dienone is 4. The van der Waals surface area contributed by atoms with E-state index in [0.717, 1.165) is 113 Å². The lowest BCUT2D eigenvalue weighted by atomic mass is 9.99. The van der Waals surface area contributed by atoms with Gasteiger partial charge in [0.2, 0.25) is 0 Å². The van der Waals surface area contributed by atoms with Crippen molar-refractivity contribution in [1.82, 2.24) is 0 Å². The molecule has 1 aromatic rings. The standard InChI is InChI=1S/C59H100O9/c1-6-8-10-12-14-16-18-20-22-24-26-28-30-32-37-41-55(61)65-48-54(49-66-56(62)42-38-33-31-29-27-25-23-21-19-17-15-13-11-9-7-2)67-58(64)44-50(3)40-36-34-35-39-43-57(63)68-59-51(4)45-53(47-60)46-52(59)5/h20-23,45-46,50,54,60H,6-19,24-44,47-49H2,1-5H3/b22-20-,23-21-. The van der Waals surface area contributed by atoms with Gasteiger partial charge in [-0.05, 0) is 107 Å². The molecule has 1 unspecified atom stereocenters. The van der Waals surface area contributed by atoms with Gasteiger partial charge in [-0.25, -0.2) is 0 Å². The van der Waals surface area contributed by atoms with Gasteiger partial charge in [-0.1, -0.05) is 186 Å². The summed E-state index contributed by atoms with van der Waals surface area (Å²) in [5.74, 6) is -0.674. The lowest BCUT2D eigenvalue weighted by molar-refractivity contribution is -0.167. The first kappa shape index (κ1) is 62.6. The number of rotatable bonds is 46. The summed E-state index contributed by atoms with van der Waals surface area (Å²) in [5, 5.41) is 9.42. The van der Waals surface area contributed by atoms with Gasteiger partial charge < -0.3 is 24.1 Å². The molecular formula is C59H100O9. The van der Waals surface area contributed by atoms with E-state index < -0.39 is 12.1 Å². The van der Waals surface area contributed by atoms with Crippen molar-refractivity contribution in [2.45, 2.75) is 272 Å². The predicted molar refractivity (Wildman–Crippen MR) is 280 cm³/mol. The van der Waals surface area contributed by atoms with E-state index >= 15 is 0 Å². The second-order valence-electron chi connectivity index (χ2n) is 19.6. The molecule has 0 spiro atoms. The maximum Gasteiger partial charge on any atom is 0.311 e. The number of carbonyl (C=O) groups is 4. The average Bonchev–Trinajstić information content (AvgIpc) is 3.31. The number of unbranched alkanes of at least 4 members (excludes halogenated alkanes) is 25. The molecule has 68 heavy (non-hydrogen) atoms. The highest BCUT2D eigenvalue weighted by molar-refractivity contribution is 5.73. The van der Waals surface area contributed by atoms with Crippen LogP contribution in [0.4, 0.5) is 0 Å². The van der Waals surface area contributed by atoms with Crippen molar-refractivity contribution in [2.24, 2.45) is 5.92 Å². The zero-order valence-electron chi connectivity index (χ0n) is 44.2. The Morgan fingerprint density at radius 3 is 1.28 bits per heavy atom. The molecule has 1 atom stereocenters. The van der Waals surface area contributed by atoms with E-state index in [0.29, 0.717) is 25.0 Å². The largest absolute Gasteiger partial charge is 0.462 e. The topological polar surface area (TPSA) is 125 Å². The van der Waals surface area contributed by atoms with Gasteiger partial charge in [-0.2, -0.15) is 0 Å². The van der Waals surface area contributed by atoms with Crippen LogP contribution in [0.15, 0.2) is 36.4 Å². The second-order valence-corrected chi connectivity index (χ2v) is 19.6. The van der Waals surface area contributed by atoms with Crippen LogP contribution in [-0.2, 0) is 40.0 Å². The van der Waals surface area contributed by atoms with Crippen LogP contribution in [0.1, 0.15) is 262 Å². The molecule has 1 aromatic carbocycles. The Bertz CT molecular complexity index is 1400. The minimum atomic E-state index is -0.856. The fraction of sp³-hybridized carbons (Fsp3) is 0.763. The van der Waals surface area contributed by atoms with Crippen LogP contribution in [0.3, 0.4) is 0 Å². The third kappa shape index (κ3) is 37.4. The molecule has 0 aliphatic rings. The lowest BCUT2D eigenvalue weighted by Gasteiger charge is -2.19. The van der Waals surface area contributed by atoms with E-state index in [-0.39, 0.29) is 50.1 Å². The smallest absolute Gasteiger partial charge is 0.311 e. The summed E-state index contributed by atoms with van der Waals surface area (Å²) >= 11 is 0. The molecule has 0 aliphatic heterocycles. The molecule has 9 nitrogen and oxygen atoms in total. The summed E-state index contributed by atoms with van der Waals surface area (Å²) in [6.45, 7) is 9.94. The predicted octanol–water partition coefficient (Wildman–Crippen LogP) is 16.1. The Balaban J connectivity index is 2.42. The van der Waals surface area contributed by atoms with E-state index in [4.69, 9.17) is 18.9 Å². The van der Waals surface area contributed by atoms with Crippen molar-refractivity contribution < 1.29 is 43.2 Å². The monoisotopic (exact) mass is 953 g/mol. The first-order chi connectivity index (χ1) is 33.1. The summed E-state index contributed by atoms with van der Waals surface area (Å²) in [6.07, 6.45) is 44.7. The van der Waals surface area contributed by atoms with Crippen LogP contribution in [-0.4, -0.2) is 48.3 Å². The van der Waals surface area contributed by atoms with Crippen molar-refractivity contribution in [2.75, 3.05) is 13.2 Å². The van der Waals surface area contributed by atoms with E-state index in [9.17, 15) is 24.3 Å². The lowest BCUT2D eigenvalue weighted by Crippen LogP contribution is -2.31. The zero-order chi connectivity index (χ0) is 49.7. The van der Waals surface area contributed by atoms with Crippen LogP contribution in [0.25, 0.3) is 0 Å². The first-order valence-corrected chi connectivity index (χ1v) is 27.8. The molecular weight excluding hydrogens is 853 g/mol. The molecule has 1 N–H and O–H groups in total. The van der Waals surface area contributed by atoms with Gasteiger partial charge in [0.05, 0.1) is 6.61 Å². The van der Waals surface area contributed by atoms with E-state index in [1.165, 1.54) is 103 Å². The minimum Gasteiger partial charge on any atom is -0.462 e. The quantitative estimate of drug-likeness (QED) is 0.0223. The Morgan fingerprint density at radius 2 is 0.868 bits per heavy atom. The summed E-state index contributed by atoms with van der Waals surface area (Å²) in [5.41, 5.74) is 2.45. The van der Waals surface area contributed by atoms with E-state index in [2.05, 4.69) is 38.2 Å². The van der Waals surface area contributed by atoms with Crippen LogP contribution in [0.2, 0.25) is 0 Å². The Kier molecular flexibility index (Phi) is 41.1. The number of hydrogen-bond acceptors (Lipinski definition) is 9. The van der Waals surface area contributed by atoms with Gasteiger partial charge >= 0.3 is 23.9 Å². The third-order valence-electron chi connectivity index (χ3n) is 12.7. The molecule has 9 heteroatoms. The molecule has 0 amide bonds. The molecule has 0 saturated carbocycles. The molecule has 1 rings (SSSR count). The Morgan fingerprint density at radius 1 is 0.500 bits per heavy atom. The van der Waals surface area contributed by atoms with Gasteiger partial charge in [0.15, 0.2) is 6.10 Å².